The molecule has 1 aliphatic heterocycles. The molecule has 1 aliphatic rings. The molecule has 162 valence electrons. The van der Waals surface area contributed by atoms with Crippen molar-refractivity contribution < 1.29 is 24.3 Å². The van der Waals surface area contributed by atoms with Crippen molar-refractivity contribution >= 4 is 23.3 Å². The average molecular weight is 424 g/mol. The molecule has 9 nitrogen and oxygen atoms in total. The van der Waals surface area contributed by atoms with Gasteiger partial charge in [-0.15, -0.1) is 5.06 Å². The fourth-order valence-corrected chi connectivity index (χ4v) is 3.16. The van der Waals surface area contributed by atoms with Gasteiger partial charge in [-0.05, 0) is 68.4 Å². The van der Waals surface area contributed by atoms with Gasteiger partial charge in [0.05, 0.1) is 17.3 Å². The van der Waals surface area contributed by atoms with Crippen LogP contribution in [0.25, 0.3) is 0 Å². The van der Waals surface area contributed by atoms with E-state index in [1.165, 1.54) is 25.1 Å². The summed E-state index contributed by atoms with van der Waals surface area (Å²) in [7, 11) is 0. The van der Waals surface area contributed by atoms with Gasteiger partial charge in [-0.3, -0.25) is 9.59 Å². The first kappa shape index (κ1) is 21.9. The average Bonchev–Trinajstić information content (AvgIpc) is 2.77. The summed E-state index contributed by atoms with van der Waals surface area (Å²) in [5.41, 5.74) is 0.890. The number of nitrogens with zero attached hydrogens (tertiary/aromatic N) is 2. The van der Waals surface area contributed by atoms with E-state index in [2.05, 4.69) is 10.6 Å². The molecule has 0 radical (unpaired) electrons. The zero-order valence-electron chi connectivity index (χ0n) is 17.1. The van der Waals surface area contributed by atoms with Gasteiger partial charge in [0.25, 0.3) is 5.91 Å². The molecule has 2 aromatic rings. The topological polar surface area (TPSA) is 124 Å². The number of carboxylic acid groups (broad SMARTS) is 1. The van der Waals surface area contributed by atoms with E-state index in [4.69, 9.17) is 14.7 Å². The molecule has 0 aliphatic carbocycles. The van der Waals surface area contributed by atoms with Crippen molar-refractivity contribution in [3.63, 3.8) is 0 Å². The number of ether oxygens (including phenoxy) is 1. The number of nitrogens with one attached hydrogen (secondary N) is 2. The van der Waals surface area contributed by atoms with Crippen LogP contribution in [0.3, 0.4) is 0 Å². The maximum atomic E-state index is 12.3. The molecule has 0 unspecified atom stereocenters. The number of amides is 1. The molecule has 1 saturated heterocycles. The molecule has 1 amide bonds. The van der Waals surface area contributed by atoms with E-state index in [0.717, 1.165) is 31.0 Å². The molecule has 3 N–H and O–H groups in total. The maximum Gasteiger partial charge on any atom is 0.322 e. The van der Waals surface area contributed by atoms with Gasteiger partial charge in [0.15, 0.2) is 5.75 Å². The van der Waals surface area contributed by atoms with E-state index in [0.29, 0.717) is 22.7 Å². The number of hydroxylamine groups is 1. The molecule has 0 atom stereocenters. The van der Waals surface area contributed by atoms with Gasteiger partial charge >= 0.3 is 5.97 Å². The quantitative estimate of drug-likeness (QED) is 0.552. The highest BCUT2D eigenvalue weighted by Gasteiger charge is 2.20. The van der Waals surface area contributed by atoms with E-state index < -0.39 is 11.9 Å². The lowest BCUT2D eigenvalue weighted by atomic mass is 10.1. The van der Waals surface area contributed by atoms with Gasteiger partial charge < -0.3 is 25.3 Å². The van der Waals surface area contributed by atoms with Gasteiger partial charge in [-0.1, -0.05) is 0 Å². The molecule has 0 saturated carbocycles. The largest absolute Gasteiger partial charge is 0.490 e. The van der Waals surface area contributed by atoms with Crippen LogP contribution in [-0.4, -0.2) is 42.7 Å². The Kier molecular flexibility index (Phi) is 7.30. The van der Waals surface area contributed by atoms with Gasteiger partial charge in [0.1, 0.15) is 24.1 Å². The summed E-state index contributed by atoms with van der Waals surface area (Å²) in [6.45, 7) is 2.82. The van der Waals surface area contributed by atoms with Crippen molar-refractivity contribution in [1.29, 1.82) is 5.26 Å². The SMILES string of the molecule is CC(=O)N(Oc1ccc(OC2CCNCC2)cc1)c1cc(C#N)ccc1NCC(=O)O. The number of carbonyl (C=O) groups excluding carboxylic acids is 1. The maximum absolute atomic E-state index is 12.3. The van der Waals surface area contributed by atoms with E-state index in [1.807, 2.05) is 6.07 Å². The number of piperidine rings is 1. The van der Waals surface area contributed by atoms with Crippen LogP contribution in [0.5, 0.6) is 11.5 Å². The number of rotatable bonds is 8. The predicted molar refractivity (Wildman–Crippen MR) is 114 cm³/mol. The van der Waals surface area contributed by atoms with Crippen molar-refractivity contribution in [2.75, 3.05) is 30.0 Å². The Labute approximate surface area is 180 Å². The smallest absolute Gasteiger partial charge is 0.322 e. The second-order valence-electron chi connectivity index (χ2n) is 7.03. The fraction of sp³-hybridized carbons (Fsp3) is 0.318. The normalized spacial score (nSPS) is 13.7. The Balaban J connectivity index is 1.78. The molecule has 31 heavy (non-hydrogen) atoms. The standard InChI is InChI=1S/C22H24N4O5/c1-15(27)26(21-12-16(13-23)2-7-20(21)25-14-22(28)29)31-19-5-3-17(4-6-19)30-18-8-10-24-11-9-18/h2-7,12,18,24-25H,8-11,14H2,1H3,(H,28,29). The second kappa shape index (κ2) is 10.3. The zero-order valence-corrected chi connectivity index (χ0v) is 17.1. The van der Waals surface area contributed by atoms with Gasteiger partial charge in [-0.2, -0.15) is 5.26 Å². The van der Waals surface area contributed by atoms with Crippen LogP contribution in [0.4, 0.5) is 11.4 Å². The molecule has 0 spiro atoms. The van der Waals surface area contributed by atoms with Crippen LogP contribution in [0.1, 0.15) is 25.3 Å². The summed E-state index contributed by atoms with van der Waals surface area (Å²) in [4.78, 5) is 29.0. The zero-order chi connectivity index (χ0) is 22.2. The molecular weight excluding hydrogens is 400 g/mol. The van der Waals surface area contributed by atoms with Gasteiger partial charge in [0, 0.05) is 6.92 Å². The van der Waals surface area contributed by atoms with Crippen molar-refractivity contribution in [2.45, 2.75) is 25.9 Å². The van der Waals surface area contributed by atoms with E-state index >= 15 is 0 Å². The highest BCUT2D eigenvalue weighted by Crippen LogP contribution is 2.30. The summed E-state index contributed by atoms with van der Waals surface area (Å²) in [6, 6.07) is 13.4. The van der Waals surface area contributed by atoms with Gasteiger partial charge in [-0.25, -0.2) is 0 Å². The highest BCUT2D eigenvalue weighted by molar-refractivity contribution is 5.94. The molecule has 0 bridgehead atoms. The van der Waals surface area contributed by atoms with Crippen LogP contribution >= 0.6 is 0 Å². The number of aliphatic carboxylic acids is 1. The number of hydrogen-bond donors (Lipinski definition) is 3. The molecule has 9 heteroatoms. The first-order chi connectivity index (χ1) is 15.0. The third-order valence-electron chi connectivity index (χ3n) is 4.67. The number of benzene rings is 2. The minimum atomic E-state index is -1.06. The van der Waals surface area contributed by atoms with E-state index in [-0.39, 0.29) is 18.3 Å². The van der Waals surface area contributed by atoms with Crippen molar-refractivity contribution in [3.05, 3.63) is 48.0 Å². The fourth-order valence-electron chi connectivity index (χ4n) is 3.16. The predicted octanol–water partition coefficient (Wildman–Crippen LogP) is 2.53. The van der Waals surface area contributed by atoms with E-state index in [1.54, 1.807) is 24.3 Å². The minimum Gasteiger partial charge on any atom is -0.490 e. The van der Waals surface area contributed by atoms with Crippen molar-refractivity contribution in [3.8, 4) is 17.6 Å². The lowest BCUT2D eigenvalue weighted by molar-refractivity contribution is -0.135. The van der Waals surface area contributed by atoms with Crippen molar-refractivity contribution in [2.24, 2.45) is 0 Å². The first-order valence-corrected chi connectivity index (χ1v) is 9.92. The monoisotopic (exact) mass is 424 g/mol. The highest BCUT2D eigenvalue weighted by atomic mass is 16.7. The number of carboxylic acids is 1. The third-order valence-corrected chi connectivity index (χ3v) is 4.67. The summed E-state index contributed by atoms with van der Waals surface area (Å²) < 4.78 is 5.97. The minimum absolute atomic E-state index is 0.165. The molecule has 1 heterocycles. The summed E-state index contributed by atoms with van der Waals surface area (Å²) in [5, 5.41) is 25.2. The Morgan fingerprint density at radius 3 is 2.48 bits per heavy atom. The molecule has 0 aromatic heterocycles. The van der Waals surface area contributed by atoms with Crippen molar-refractivity contribution in [1.82, 2.24) is 5.32 Å². The summed E-state index contributed by atoms with van der Waals surface area (Å²) in [5.74, 6) is -0.401. The van der Waals surface area contributed by atoms with Crippen LogP contribution < -0.4 is 25.3 Å². The van der Waals surface area contributed by atoms with Crippen LogP contribution in [0.15, 0.2) is 42.5 Å². The second-order valence-corrected chi connectivity index (χ2v) is 7.03. The van der Waals surface area contributed by atoms with E-state index in [9.17, 15) is 14.9 Å². The number of carbonyl (C=O) groups is 2. The molecular formula is C22H24N4O5. The lowest BCUT2D eigenvalue weighted by Gasteiger charge is -2.25. The molecule has 3 rings (SSSR count). The number of nitriles is 1. The number of hydrogen-bond acceptors (Lipinski definition) is 7. The van der Waals surface area contributed by atoms with Crippen LogP contribution in [0.2, 0.25) is 0 Å². The number of anilines is 2. The summed E-state index contributed by atoms with van der Waals surface area (Å²) >= 11 is 0. The van der Waals surface area contributed by atoms with Crippen LogP contribution in [0, 0.1) is 11.3 Å². The Morgan fingerprint density at radius 2 is 1.87 bits per heavy atom. The lowest BCUT2D eigenvalue weighted by Crippen LogP contribution is -2.34. The van der Waals surface area contributed by atoms with Crippen LogP contribution in [-0.2, 0) is 9.59 Å². The Morgan fingerprint density at radius 1 is 1.19 bits per heavy atom. The Hall–Kier alpha value is -3.77. The molecule has 2 aromatic carbocycles. The molecule has 1 fully saturated rings. The van der Waals surface area contributed by atoms with Gasteiger partial charge in [0.2, 0.25) is 0 Å². The third kappa shape index (κ3) is 6.10. The Bertz CT molecular complexity index is 965. The first-order valence-electron chi connectivity index (χ1n) is 9.92. The summed E-state index contributed by atoms with van der Waals surface area (Å²) in [6.07, 6.45) is 2.05.